The molecule has 2 heterocycles. The summed E-state index contributed by atoms with van der Waals surface area (Å²) in [4.78, 5) is 32.3. The highest BCUT2D eigenvalue weighted by molar-refractivity contribution is 6.52. The van der Waals surface area contributed by atoms with E-state index in [1.54, 1.807) is 36.5 Å². The summed E-state index contributed by atoms with van der Waals surface area (Å²) in [6, 6.07) is 12.7. The maximum atomic E-state index is 13.3. The number of hydrogen-bond donors (Lipinski definition) is 1. The highest BCUT2D eigenvalue weighted by Crippen LogP contribution is 2.48. The Balaban J connectivity index is 2.03. The molecule has 1 aliphatic heterocycles. The van der Waals surface area contributed by atoms with Crippen molar-refractivity contribution in [1.82, 2.24) is 4.98 Å². The number of hydrogen-bond acceptors (Lipinski definition) is 6. The Morgan fingerprint density at radius 2 is 1.71 bits per heavy atom. The lowest BCUT2D eigenvalue weighted by Crippen LogP contribution is -2.30. The molecule has 9 heteroatoms. The van der Waals surface area contributed by atoms with E-state index in [4.69, 9.17) is 32.7 Å². The lowest BCUT2D eigenvalue weighted by atomic mass is 9.97. The zero-order valence-corrected chi connectivity index (χ0v) is 20.0. The van der Waals surface area contributed by atoms with Crippen molar-refractivity contribution in [3.63, 3.8) is 0 Å². The molecule has 1 atom stereocenters. The fourth-order valence-electron chi connectivity index (χ4n) is 4.02. The zero-order valence-electron chi connectivity index (χ0n) is 18.5. The molecule has 3 aromatic rings. The predicted octanol–water partition coefficient (Wildman–Crippen LogP) is 5.34. The van der Waals surface area contributed by atoms with Crippen LogP contribution < -0.4 is 14.4 Å². The number of anilines is 1. The summed E-state index contributed by atoms with van der Waals surface area (Å²) >= 11 is 12.7. The van der Waals surface area contributed by atoms with Gasteiger partial charge in [0.05, 0.1) is 36.1 Å². The van der Waals surface area contributed by atoms with E-state index >= 15 is 0 Å². The molecular weight excluding hydrogens is 479 g/mol. The number of rotatable bonds is 5. The number of Topliss-reactive ketones (excluding diaryl/α,β-unsaturated/α-hetero) is 1. The smallest absolute Gasteiger partial charge is 0.300 e. The molecule has 174 valence electrons. The number of halogens is 2. The number of aliphatic hydroxyl groups excluding tert-OH is 1. The summed E-state index contributed by atoms with van der Waals surface area (Å²) in [7, 11) is 2.74. The summed E-state index contributed by atoms with van der Waals surface area (Å²) < 4.78 is 10.6. The highest BCUT2D eigenvalue weighted by Gasteiger charge is 2.48. The van der Waals surface area contributed by atoms with Gasteiger partial charge >= 0.3 is 0 Å². The van der Waals surface area contributed by atoms with Crippen molar-refractivity contribution >= 4 is 46.3 Å². The molecule has 1 N–H and O–H groups in total. The number of ether oxygens (including phenoxy) is 2. The number of nitrogens with zero attached hydrogens (tertiary/aromatic N) is 2. The Kier molecular flexibility index (Phi) is 6.50. The Labute approximate surface area is 206 Å². The number of benzene rings is 2. The second-order valence-corrected chi connectivity index (χ2v) is 8.28. The predicted molar refractivity (Wildman–Crippen MR) is 130 cm³/mol. The van der Waals surface area contributed by atoms with Crippen molar-refractivity contribution in [3.05, 3.63) is 87.2 Å². The Morgan fingerprint density at radius 1 is 1.03 bits per heavy atom. The van der Waals surface area contributed by atoms with Crippen molar-refractivity contribution < 1.29 is 24.2 Å². The monoisotopic (exact) mass is 498 g/mol. The number of aliphatic hydroxyl groups is 1. The Hall–Kier alpha value is -3.55. The molecule has 34 heavy (non-hydrogen) atoms. The van der Waals surface area contributed by atoms with Crippen molar-refractivity contribution in [1.29, 1.82) is 0 Å². The Morgan fingerprint density at radius 3 is 2.32 bits per heavy atom. The minimum Gasteiger partial charge on any atom is -0.507 e. The maximum Gasteiger partial charge on any atom is 0.300 e. The molecule has 2 aromatic carbocycles. The van der Waals surface area contributed by atoms with Crippen LogP contribution in [0.3, 0.4) is 0 Å². The highest BCUT2D eigenvalue weighted by atomic mass is 35.5. The van der Waals surface area contributed by atoms with Gasteiger partial charge in [-0.3, -0.25) is 19.5 Å². The molecule has 0 bridgehead atoms. The van der Waals surface area contributed by atoms with Gasteiger partial charge in [-0.2, -0.15) is 0 Å². The van der Waals surface area contributed by atoms with Crippen LogP contribution in [0.15, 0.2) is 60.3 Å². The Bertz CT molecular complexity index is 1320. The third-order valence-electron chi connectivity index (χ3n) is 5.58. The van der Waals surface area contributed by atoms with Crippen LogP contribution in [0.2, 0.25) is 10.0 Å². The van der Waals surface area contributed by atoms with E-state index in [0.717, 1.165) is 5.56 Å². The molecule has 7 nitrogen and oxygen atoms in total. The SMILES string of the molecule is COc1c(Cl)cc(/C(O)=C2\C(=O)C(=O)N(c3ccccc3C)C2c2ccccn2)c(OC)c1Cl. The van der Waals surface area contributed by atoms with Gasteiger partial charge in [-0.05, 0) is 36.8 Å². The van der Waals surface area contributed by atoms with Gasteiger partial charge < -0.3 is 14.6 Å². The normalized spacial score (nSPS) is 17.2. The molecule has 0 saturated carbocycles. The molecule has 1 amide bonds. The first-order valence-corrected chi connectivity index (χ1v) is 10.9. The summed E-state index contributed by atoms with van der Waals surface area (Å²) in [5.41, 5.74) is 1.58. The molecule has 1 aliphatic rings. The summed E-state index contributed by atoms with van der Waals surface area (Å²) in [5, 5.41) is 11.5. The molecular formula is C25H20Cl2N2O5. The van der Waals surface area contributed by atoms with E-state index in [2.05, 4.69) is 4.98 Å². The van der Waals surface area contributed by atoms with Crippen LogP contribution in [0, 0.1) is 6.92 Å². The van der Waals surface area contributed by atoms with Gasteiger partial charge in [0.1, 0.15) is 16.8 Å². The number of carbonyl (C=O) groups excluding carboxylic acids is 2. The van der Waals surface area contributed by atoms with E-state index in [9.17, 15) is 14.7 Å². The van der Waals surface area contributed by atoms with Gasteiger partial charge in [-0.1, -0.05) is 47.5 Å². The fourth-order valence-corrected chi connectivity index (χ4v) is 4.71. The largest absolute Gasteiger partial charge is 0.507 e. The lowest BCUT2D eigenvalue weighted by Gasteiger charge is -2.26. The molecule has 1 fully saturated rings. The molecule has 0 radical (unpaired) electrons. The second kappa shape index (κ2) is 9.37. The first-order valence-electron chi connectivity index (χ1n) is 10.2. The lowest BCUT2D eigenvalue weighted by molar-refractivity contribution is -0.132. The zero-order chi connectivity index (χ0) is 24.6. The van der Waals surface area contributed by atoms with E-state index in [-0.39, 0.29) is 32.7 Å². The molecule has 1 saturated heterocycles. The van der Waals surface area contributed by atoms with Gasteiger partial charge in [0.2, 0.25) is 0 Å². The topological polar surface area (TPSA) is 89.0 Å². The van der Waals surface area contributed by atoms with Crippen molar-refractivity contribution in [2.75, 3.05) is 19.1 Å². The molecule has 0 spiro atoms. The van der Waals surface area contributed by atoms with Gasteiger partial charge in [0.15, 0.2) is 11.5 Å². The molecule has 4 rings (SSSR count). The minimum absolute atomic E-state index is 0.0153. The number of para-hydroxylation sites is 1. The number of pyridine rings is 1. The summed E-state index contributed by atoms with van der Waals surface area (Å²) in [5.74, 6) is -1.97. The second-order valence-electron chi connectivity index (χ2n) is 7.50. The standard InChI is InChI=1S/C25H20Cl2N2O5/c1-13-8-4-5-10-17(13)29-20(16-9-6-7-11-28-16)18(22(31)25(29)32)21(30)14-12-15(26)24(34-3)19(27)23(14)33-2/h4-12,20,30H,1-3H3/b21-18+. The first kappa shape index (κ1) is 23.6. The van der Waals surface area contributed by atoms with Crippen molar-refractivity contribution in [3.8, 4) is 11.5 Å². The minimum atomic E-state index is -0.994. The number of methoxy groups -OCH3 is 2. The van der Waals surface area contributed by atoms with Crippen LogP contribution in [0.1, 0.15) is 22.9 Å². The third kappa shape index (κ3) is 3.77. The number of carbonyl (C=O) groups is 2. The fraction of sp³-hybridized carbons (Fsp3) is 0.160. The number of aromatic nitrogens is 1. The van der Waals surface area contributed by atoms with Gasteiger partial charge in [-0.25, -0.2) is 0 Å². The quantitative estimate of drug-likeness (QED) is 0.290. The number of aryl methyl sites for hydroxylation is 1. The van der Waals surface area contributed by atoms with Crippen LogP contribution in [0.4, 0.5) is 5.69 Å². The summed E-state index contributed by atoms with van der Waals surface area (Å²) in [6.45, 7) is 1.83. The van der Waals surface area contributed by atoms with Crippen molar-refractivity contribution in [2.24, 2.45) is 0 Å². The van der Waals surface area contributed by atoms with Crippen LogP contribution in [-0.2, 0) is 9.59 Å². The van der Waals surface area contributed by atoms with Crippen LogP contribution in [-0.4, -0.2) is 36.0 Å². The third-order valence-corrected chi connectivity index (χ3v) is 6.21. The average Bonchev–Trinajstić information content (AvgIpc) is 3.10. The van der Waals surface area contributed by atoms with E-state index in [0.29, 0.717) is 11.4 Å². The van der Waals surface area contributed by atoms with Gasteiger partial charge in [0.25, 0.3) is 11.7 Å². The first-order chi connectivity index (χ1) is 16.3. The average molecular weight is 499 g/mol. The van der Waals surface area contributed by atoms with Crippen LogP contribution in [0.25, 0.3) is 5.76 Å². The van der Waals surface area contributed by atoms with Crippen LogP contribution >= 0.6 is 23.2 Å². The van der Waals surface area contributed by atoms with Crippen molar-refractivity contribution in [2.45, 2.75) is 13.0 Å². The van der Waals surface area contributed by atoms with Gasteiger partial charge in [-0.15, -0.1) is 0 Å². The maximum absolute atomic E-state index is 13.3. The molecule has 0 aliphatic carbocycles. The molecule has 1 aromatic heterocycles. The van der Waals surface area contributed by atoms with Gasteiger partial charge in [0, 0.05) is 11.9 Å². The summed E-state index contributed by atoms with van der Waals surface area (Å²) in [6.07, 6.45) is 1.55. The molecule has 1 unspecified atom stereocenters. The van der Waals surface area contributed by atoms with Crippen LogP contribution in [0.5, 0.6) is 11.5 Å². The van der Waals surface area contributed by atoms with E-state index in [1.807, 2.05) is 19.1 Å². The van der Waals surface area contributed by atoms with E-state index < -0.39 is 23.5 Å². The number of ketones is 1. The number of amides is 1. The van der Waals surface area contributed by atoms with E-state index in [1.165, 1.54) is 25.2 Å².